The number of nitrogens with zero attached hydrogens (tertiary/aromatic N) is 1. The summed E-state index contributed by atoms with van der Waals surface area (Å²) < 4.78 is 5.55. The van der Waals surface area contributed by atoms with E-state index in [0.717, 1.165) is 38.8 Å². The van der Waals surface area contributed by atoms with Gasteiger partial charge in [-0.05, 0) is 46.0 Å². The molecule has 0 saturated carbocycles. The molecule has 0 bridgehead atoms. The van der Waals surface area contributed by atoms with Crippen LogP contribution in [-0.4, -0.2) is 48.7 Å². The highest BCUT2D eigenvalue weighted by Gasteiger charge is 2.36. The molecule has 0 aromatic rings. The molecule has 4 heteroatoms. The van der Waals surface area contributed by atoms with Crippen LogP contribution in [0.1, 0.15) is 46.0 Å². The van der Waals surface area contributed by atoms with Crippen molar-refractivity contribution in [3.8, 4) is 0 Å². The Morgan fingerprint density at radius 3 is 2.83 bits per heavy atom. The Labute approximate surface area is 110 Å². The molecular weight excluding hydrogens is 228 g/mol. The maximum absolute atomic E-state index is 12.5. The van der Waals surface area contributed by atoms with Crippen molar-refractivity contribution in [3.05, 3.63) is 0 Å². The van der Waals surface area contributed by atoms with Crippen LogP contribution in [0.4, 0.5) is 0 Å². The van der Waals surface area contributed by atoms with Crippen LogP contribution in [0, 0.1) is 0 Å². The molecule has 1 amide bonds. The van der Waals surface area contributed by atoms with Crippen LogP contribution in [0.3, 0.4) is 0 Å². The fraction of sp³-hybridized carbons (Fsp3) is 0.929. The van der Waals surface area contributed by atoms with E-state index in [2.05, 4.69) is 19.2 Å². The third-order valence-electron chi connectivity index (χ3n) is 4.38. The van der Waals surface area contributed by atoms with Gasteiger partial charge in [0, 0.05) is 26.2 Å². The number of nitrogens with one attached hydrogen (secondary N) is 1. The van der Waals surface area contributed by atoms with Crippen LogP contribution in [0.2, 0.25) is 0 Å². The summed E-state index contributed by atoms with van der Waals surface area (Å²) in [6, 6.07) is 0.485. The zero-order valence-electron chi connectivity index (χ0n) is 11.9. The van der Waals surface area contributed by atoms with Crippen molar-refractivity contribution in [3.63, 3.8) is 0 Å². The van der Waals surface area contributed by atoms with Crippen molar-refractivity contribution in [1.82, 2.24) is 10.2 Å². The number of piperidine rings is 2. The predicted molar refractivity (Wildman–Crippen MR) is 71.5 cm³/mol. The zero-order valence-corrected chi connectivity index (χ0v) is 11.9. The fourth-order valence-corrected chi connectivity index (χ4v) is 3.11. The van der Waals surface area contributed by atoms with E-state index in [0.29, 0.717) is 6.04 Å². The Morgan fingerprint density at radius 1 is 1.39 bits per heavy atom. The normalized spacial score (nSPS) is 37.6. The lowest BCUT2D eigenvalue weighted by molar-refractivity contribution is -0.142. The number of likely N-dealkylation sites (tertiary alicyclic amines) is 1. The van der Waals surface area contributed by atoms with Crippen LogP contribution in [0.15, 0.2) is 0 Å². The average Bonchev–Trinajstić information content (AvgIpc) is 2.38. The third-order valence-corrected chi connectivity index (χ3v) is 4.38. The van der Waals surface area contributed by atoms with Crippen LogP contribution >= 0.6 is 0 Å². The number of methoxy groups -OCH3 is 1. The number of carbonyl (C=O) groups excluding carboxylic acids is 1. The predicted octanol–water partition coefficient (Wildman–Crippen LogP) is 1.54. The van der Waals surface area contributed by atoms with Crippen LogP contribution in [0.5, 0.6) is 0 Å². The molecule has 0 spiro atoms. The molecule has 2 heterocycles. The fourth-order valence-electron chi connectivity index (χ4n) is 3.11. The van der Waals surface area contributed by atoms with Crippen LogP contribution < -0.4 is 5.32 Å². The second-order valence-corrected chi connectivity index (χ2v) is 6.07. The molecule has 3 atom stereocenters. The smallest absolute Gasteiger partial charge is 0.239 e. The summed E-state index contributed by atoms with van der Waals surface area (Å²) in [7, 11) is 1.74. The largest absolute Gasteiger partial charge is 0.377 e. The summed E-state index contributed by atoms with van der Waals surface area (Å²) in [5.41, 5.74) is -0.159. The molecule has 104 valence electrons. The maximum atomic E-state index is 12.5. The number of hydrogen-bond acceptors (Lipinski definition) is 3. The highest BCUT2D eigenvalue weighted by atomic mass is 16.5. The molecule has 2 aliphatic rings. The molecule has 0 aromatic heterocycles. The number of rotatable bonds is 2. The first kappa shape index (κ1) is 13.8. The van der Waals surface area contributed by atoms with Crippen LogP contribution in [-0.2, 0) is 9.53 Å². The van der Waals surface area contributed by atoms with Gasteiger partial charge in [0.2, 0.25) is 5.91 Å². The quantitative estimate of drug-likeness (QED) is 0.813. The van der Waals surface area contributed by atoms with E-state index in [1.165, 1.54) is 6.42 Å². The molecule has 2 aliphatic heterocycles. The van der Waals surface area contributed by atoms with Crippen molar-refractivity contribution in [2.24, 2.45) is 0 Å². The van der Waals surface area contributed by atoms with E-state index >= 15 is 0 Å². The van der Waals surface area contributed by atoms with Gasteiger partial charge in [-0.2, -0.15) is 0 Å². The van der Waals surface area contributed by atoms with Gasteiger partial charge in [-0.25, -0.2) is 0 Å². The minimum Gasteiger partial charge on any atom is -0.377 e. The van der Waals surface area contributed by atoms with Gasteiger partial charge in [0.25, 0.3) is 0 Å². The van der Waals surface area contributed by atoms with Gasteiger partial charge in [-0.1, -0.05) is 0 Å². The minimum atomic E-state index is -0.159. The van der Waals surface area contributed by atoms with Gasteiger partial charge in [-0.3, -0.25) is 4.79 Å². The van der Waals surface area contributed by atoms with Crippen molar-refractivity contribution in [2.45, 2.75) is 63.6 Å². The van der Waals surface area contributed by atoms with Crippen LogP contribution in [0.25, 0.3) is 0 Å². The Kier molecular flexibility index (Phi) is 4.28. The van der Waals surface area contributed by atoms with Gasteiger partial charge < -0.3 is 15.0 Å². The minimum absolute atomic E-state index is 0.0213. The number of carbonyl (C=O) groups is 1. The molecule has 0 aliphatic carbocycles. The zero-order chi connectivity index (χ0) is 13.2. The van der Waals surface area contributed by atoms with E-state index in [-0.39, 0.29) is 17.6 Å². The van der Waals surface area contributed by atoms with Gasteiger partial charge in [0.05, 0.1) is 11.6 Å². The lowest BCUT2D eigenvalue weighted by Gasteiger charge is -2.41. The van der Waals surface area contributed by atoms with E-state index < -0.39 is 0 Å². The summed E-state index contributed by atoms with van der Waals surface area (Å²) >= 11 is 0. The van der Waals surface area contributed by atoms with Crippen molar-refractivity contribution >= 4 is 5.91 Å². The lowest BCUT2D eigenvalue weighted by atomic mass is 9.93. The standard InChI is InChI=1S/C14H26N2O2/c1-11-6-4-7-12(15-11)13(17)16-9-5-8-14(2,10-16)18-3/h11-12,15H,4-10H2,1-3H3. The first-order valence-corrected chi connectivity index (χ1v) is 7.14. The van der Waals surface area contributed by atoms with Gasteiger partial charge in [0.1, 0.15) is 0 Å². The molecular formula is C14H26N2O2. The molecule has 18 heavy (non-hydrogen) atoms. The first-order chi connectivity index (χ1) is 8.54. The summed E-state index contributed by atoms with van der Waals surface area (Å²) in [5, 5.41) is 3.43. The van der Waals surface area contributed by atoms with E-state index in [1.807, 2.05) is 4.90 Å². The van der Waals surface area contributed by atoms with Crippen molar-refractivity contribution in [2.75, 3.05) is 20.2 Å². The molecule has 2 rings (SSSR count). The molecule has 0 radical (unpaired) electrons. The summed E-state index contributed by atoms with van der Waals surface area (Å²) in [6.07, 6.45) is 5.39. The molecule has 1 N–H and O–H groups in total. The molecule has 3 unspecified atom stereocenters. The monoisotopic (exact) mass is 254 g/mol. The van der Waals surface area contributed by atoms with Gasteiger partial charge in [0.15, 0.2) is 0 Å². The molecule has 4 nitrogen and oxygen atoms in total. The maximum Gasteiger partial charge on any atom is 0.239 e. The number of amides is 1. The summed E-state index contributed by atoms with van der Waals surface area (Å²) in [5.74, 6) is 0.268. The van der Waals surface area contributed by atoms with Crippen molar-refractivity contribution in [1.29, 1.82) is 0 Å². The highest BCUT2D eigenvalue weighted by molar-refractivity contribution is 5.82. The molecule has 0 aromatic carbocycles. The summed E-state index contributed by atoms with van der Waals surface area (Å²) in [4.78, 5) is 14.5. The lowest BCUT2D eigenvalue weighted by Crippen LogP contribution is -2.56. The Balaban J connectivity index is 1.96. The van der Waals surface area contributed by atoms with E-state index in [1.54, 1.807) is 7.11 Å². The molecule has 2 saturated heterocycles. The van der Waals surface area contributed by atoms with Crippen molar-refractivity contribution < 1.29 is 9.53 Å². The Hall–Kier alpha value is -0.610. The second kappa shape index (κ2) is 5.57. The number of ether oxygens (including phenoxy) is 1. The summed E-state index contributed by atoms with van der Waals surface area (Å²) in [6.45, 7) is 5.87. The number of hydrogen-bond donors (Lipinski definition) is 1. The topological polar surface area (TPSA) is 41.6 Å². The second-order valence-electron chi connectivity index (χ2n) is 6.07. The Morgan fingerprint density at radius 2 is 2.17 bits per heavy atom. The van der Waals surface area contributed by atoms with Gasteiger partial charge >= 0.3 is 0 Å². The first-order valence-electron chi connectivity index (χ1n) is 7.14. The Bertz CT molecular complexity index is 308. The van der Waals surface area contributed by atoms with Gasteiger partial charge in [-0.15, -0.1) is 0 Å². The average molecular weight is 254 g/mol. The van der Waals surface area contributed by atoms with E-state index in [4.69, 9.17) is 4.74 Å². The van der Waals surface area contributed by atoms with E-state index in [9.17, 15) is 4.79 Å². The SMILES string of the molecule is COC1(C)CCCN(C(=O)C2CCCC(C)N2)C1. The molecule has 2 fully saturated rings. The highest BCUT2D eigenvalue weighted by Crippen LogP contribution is 2.25. The third kappa shape index (κ3) is 3.04.